The highest BCUT2D eigenvalue weighted by atomic mass is 35.5. The maximum Gasteiger partial charge on any atom is 0.255 e. The summed E-state index contributed by atoms with van der Waals surface area (Å²) in [6.07, 6.45) is 0. The molecule has 2 rings (SSSR count). The van der Waals surface area contributed by atoms with Crippen molar-refractivity contribution in [2.24, 2.45) is 0 Å². The van der Waals surface area contributed by atoms with E-state index >= 15 is 0 Å². The van der Waals surface area contributed by atoms with Gasteiger partial charge in [0.15, 0.2) is 0 Å². The zero-order valence-electron chi connectivity index (χ0n) is 14.9. The monoisotopic (exact) mass is 363 g/mol. The van der Waals surface area contributed by atoms with Crippen LogP contribution in [0.1, 0.15) is 22.0 Å². The van der Waals surface area contributed by atoms with Gasteiger partial charge in [-0.3, -0.25) is 4.79 Å². The van der Waals surface area contributed by atoms with E-state index in [1.165, 1.54) is 18.2 Å². The number of rotatable bonds is 6. The van der Waals surface area contributed by atoms with Gasteiger partial charge in [-0.1, -0.05) is 29.8 Å². The van der Waals surface area contributed by atoms with Crippen molar-refractivity contribution in [3.63, 3.8) is 0 Å². The topological polar surface area (TPSA) is 35.6 Å². The van der Waals surface area contributed by atoms with Gasteiger partial charge >= 0.3 is 0 Å². The lowest BCUT2D eigenvalue weighted by atomic mass is 10.0. The van der Waals surface area contributed by atoms with Crippen molar-refractivity contribution in [2.45, 2.75) is 6.04 Å². The third-order valence-corrected chi connectivity index (χ3v) is 4.38. The van der Waals surface area contributed by atoms with Gasteiger partial charge in [0.2, 0.25) is 0 Å². The predicted molar refractivity (Wildman–Crippen MR) is 101 cm³/mol. The van der Waals surface area contributed by atoms with E-state index in [0.717, 1.165) is 11.3 Å². The molecule has 4 nitrogen and oxygen atoms in total. The molecule has 0 aliphatic rings. The van der Waals surface area contributed by atoms with Gasteiger partial charge in [0.25, 0.3) is 5.91 Å². The quantitative estimate of drug-likeness (QED) is 0.852. The number of likely N-dealkylation sites (N-methyl/N-ethyl adjacent to an activating group) is 1. The number of nitrogens with zero attached hydrogens (tertiary/aromatic N) is 2. The number of benzene rings is 2. The van der Waals surface area contributed by atoms with E-state index < -0.39 is 11.7 Å². The highest BCUT2D eigenvalue weighted by Crippen LogP contribution is 2.22. The standard InChI is InChI=1S/C19H23ClFN3O/c1-23(2)14-10-8-13(9-11-14)17(24(3)4)12-22-19(25)18-15(20)6-5-7-16(18)21/h5-11,17H,12H2,1-4H3,(H,22,25)/t17-/m1/s1. The zero-order valence-corrected chi connectivity index (χ0v) is 15.6. The molecule has 0 spiro atoms. The first-order chi connectivity index (χ1) is 11.8. The maximum atomic E-state index is 13.9. The van der Waals surface area contributed by atoms with Crippen LogP contribution in [-0.2, 0) is 0 Å². The van der Waals surface area contributed by atoms with Crippen LogP contribution in [0.25, 0.3) is 0 Å². The summed E-state index contributed by atoms with van der Waals surface area (Å²) in [5, 5.41) is 2.89. The lowest BCUT2D eigenvalue weighted by molar-refractivity contribution is 0.0938. The largest absolute Gasteiger partial charge is 0.378 e. The summed E-state index contributed by atoms with van der Waals surface area (Å²) in [5.41, 5.74) is 2.04. The second-order valence-corrected chi connectivity index (χ2v) is 6.68. The molecule has 0 heterocycles. The average molecular weight is 364 g/mol. The van der Waals surface area contributed by atoms with Crippen LogP contribution >= 0.6 is 11.6 Å². The van der Waals surface area contributed by atoms with Gasteiger partial charge < -0.3 is 15.1 Å². The van der Waals surface area contributed by atoms with Crippen molar-refractivity contribution in [1.29, 1.82) is 0 Å². The van der Waals surface area contributed by atoms with Crippen LogP contribution in [-0.4, -0.2) is 45.5 Å². The molecule has 6 heteroatoms. The van der Waals surface area contributed by atoms with E-state index in [4.69, 9.17) is 11.6 Å². The minimum Gasteiger partial charge on any atom is -0.378 e. The Bertz CT molecular complexity index is 712. The SMILES string of the molecule is CN(C)c1ccc([C@@H](CNC(=O)c2c(F)cccc2Cl)N(C)C)cc1. The molecular formula is C19H23ClFN3O. The molecule has 0 unspecified atom stereocenters. The number of halogens is 2. The number of carbonyl (C=O) groups is 1. The minimum atomic E-state index is -0.623. The molecule has 1 N–H and O–H groups in total. The van der Waals surface area contributed by atoms with E-state index in [-0.39, 0.29) is 16.6 Å². The molecule has 0 bridgehead atoms. The molecule has 1 amide bonds. The Morgan fingerprint density at radius 3 is 2.28 bits per heavy atom. The molecule has 134 valence electrons. The Kier molecular flexibility index (Phi) is 6.39. The summed E-state index contributed by atoms with van der Waals surface area (Å²) in [5.74, 6) is -1.14. The van der Waals surface area contributed by atoms with Crippen LogP contribution in [0.3, 0.4) is 0 Å². The van der Waals surface area contributed by atoms with Crippen molar-refractivity contribution >= 4 is 23.2 Å². The molecule has 0 aliphatic heterocycles. The predicted octanol–water partition coefficient (Wildman–Crippen LogP) is 3.58. The lowest BCUT2D eigenvalue weighted by Crippen LogP contribution is -2.35. The zero-order chi connectivity index (χ0) is 18.6. The molecule has 0 saturated carbocycles. The Balaban J connectivity index is 2.13. The second kappa shape index (κ2) is 8.32. The van der Waals surface area contributed by atoms with E-state index in [9.17, 15) is 9.18 Å². The van der Waals surface area contributed by atoms with Crippen LogP contribution in [0.2, 0.25) is 5.02 Å². The summed E-state index contributed by atoms with van der Waals surface area (Å²) in [6, 6.07) is 12.3. The number of anilines is 1. The van der Waals surface area contributed by atoms with Gasteiger partial charge in [0, 0.05) is 26.3 Å². The smallest absolute Gasteiger partial charge is 0.255 e. The fourth-order valence-corrected chi connectivity index (χ4v) is 2.83. The van der Waals surface area contributed by atoms with Crippen molar-refractivity contribution in [3.8, 4) is 0 Å². The van der Waals surface area contributed by atoms with Crippen molar-refractivity contribution < 1.29 is 9.18 Å². The van der Waals surface area contributed by atoms with Crippen molar-refractivity contribution in [2.75, 3.05) is 39.6 Å². The Hall–Kier alpha value is -2.11. The Morgan fingerprint density at radius 2 is 1.76 bits per heavy atom. The minimum absolute atomic E-state index is 0.0364. The third-order valence-electron chi connectivity index (χ3n) is 4.06. The molecule has 2 aromatic carbocycles. The Labute approximate surface area is 153 Å². The molecular weight excluding hydrogens is 341 g/mol. The molecule has 25 heavy (non-hydrogen) atoms. The number of hydrogen-bond acceptors (Lipinski definition) is 3. The molecule has 0 aromatic heterocycles. The van der Waals surface area contributed by atoms with Crippen LogP contribution in [0.15, 0.2) is 42.5 Å². The molecule has 0 saturated heterocycles. The first-order valence-corrected chi connectivity index (χ1v) is 8.35. The van der Waals surface area contributed by atoms with Crippen molar-refractivity contribution in [3.05, 3.63) is 64.4 Å². The first-order valence-electron chi connectivity index (χ1n) is 7.97. The maximum absolute atomic E-state index is 13.9. The average Bonchev–Trinajstić information content (AvgIpc) is 2.55. The van der Waals surface area contributed by atoms with E-state index in [2.05, 4.69) is 5.32 Å². The van der Waals surface area contributed by atoms with Gasteiger partial charge in [0.05, 0.1) is 16.6 Å². The van der Waals surface area contributed by atoms with Gasteiger partial charge in [0.1, 0.15) is 5.82 Å². The van der Waals surface area contributed by atoms with E-state index in [1.807, 2.05) is 62.3 Å². The molecule has 0 radical (unpaired) electrons. The van der Waals surface area contributed by atoms with Crippen LogP contribution in [0, 0.1) is 5.82 Å². The normalized spacial score (nSPS) is 12.1. The Morgan fingerprint density at radius 1 is 1.12 bits per heavy atom. The van der Waals surface area contributed by atoms with Crippen LogP contribution in [0.4, 0.5) is 10.1 Å². The molecule has 2 aromatic rings. The fourth-order valence-electron chi connectivity index (χ4n) is 2.59. The number of hydrogen-bond donors (Lipinski definition) is 1. The lowest BCUT2D eigenvalue weighted by Gasteiger charge is -2.26. The van der Waals surface area contributed by atoms with Crippen LogP contribution in [0.5, 0.6) is 0 Å². The van der Waals surface area contributed by atoms with Gasteiger partial charge in [-0.25, -0.2) is 4.39 Å². The van der Waals surface area contributed by atoms with E-state index in [1.54, 1.807) is 0 Å². The molecule has 1 atom stereocenters. The van der Waals surface area contributed by atoms with Gasteiger partial charge in [-0.15, -0.1) is 0 Å². The highest BCUT2D eigenvalue weighted by molar-refractivity contribution is 6.33. The van der Waals surface area contributed by atoms with Crippen molar-refractivity contribution in [1.82, 2.24) is 10.2 Å². The summed E-state index contributed by atoms with van der Waals surface area (Å²) in [7, 11) is 7.84. The second-order valence-electron chi connectivity index (χ2n) is 6.27. The van der Waals surface area contributed by atoms with E-state index in [0.29, 0.717) is 6.54 Å². The number of carbonyl (C=O) groups excluding carboxylic acids is 1. The number of nitrogens with one attached hydrogen (secondary N) is 1. The fraction of sp³-hybridized carbons (Fsp3) is 0.316. The summed E-state index contributed by atoms with van der Waals surface area (Å²) in [4.78, 5) is 16.4. The molecule has 0 fully saturated rings. The summed E-state index contributed by atoms with van der Waals surface area (Å²) in [6.45, 7) is 0.345. The van der Waals surface area contributed by atoms with Crippen LogP contribution < -0.4 is 10.2 Å². The van der Waals surface area contributed by atoms with Gasteiger partial charge in [-0.05, 0) is 43.9 Å². The molecule has 0 aliphatic carbocycles. The number of amides is 1. The third kappa shape index (κ3) is 4.71. The first kappa shape index (κ1) is 19.2. The van der Waals surface area contributed by atoms with Gasteiger partial charge in [-0.2, -0.15) is 0 Å². The highest BCUT2D eigenvalue weighted by Gasteiger charge is 2.19. The summed E-state index contributed by atoms with van der Waals surface area (Å²) < 4.78 is 13.9. The summed E-state index contributed by atoms with van der Waals surface area (Å²) >= 11 is 5.95.